The third-order valence-electron chi connectivity index (χ3n) is 2.44. The molecule has 1 amide bonds. The lowest BCUT2D eigenvalue weighted by Crippen LogP contribution is -2.46. The van der Waals surface area contributed by atoms with Gasteiger partial charge in [-0.3, -0.25) is 4.79 Å². The van der Waals surface area contributed by atoms with E-state index >= 15 is 0 Å². The van der Waals surface area contributed by atoms with Crippen LogP contribution in [-0.4, -0.2) is 11.4 Å². The first-order chi connectivity index (χ1) is 6.28. The van der Waals surface area contributed by atoms with E-state index in [1.165, 1.54) is 0 Å². The second-order valence-electron chi connectivity index (χ2n) is 5.28. The van der Waals surface area contributed by atoms with Gasteiger partial charge in [0.1, 0.15) is 0 Å². The Morgan fingerprint density at radius 2 is 1.79 bits per heavy atom. The number of nitrogens with one attached hydrogen (secondary N) is 1. The highest BCUT2D eigenvalue weighted by Crippen LogP contribution is 2.16. The molecule has 1 unspecified atom stereocenters. The van der Waals surface area contributed by atoms with Crippen LogP contribution in [0.15, 0.2) is 0 Å². The van der Waals surface area contributed by atoms with E-state index in [1.54, 1.807) is 0 Å². The third-order valence-corrected chi connectivity index (χ3v) is 2.44. The monoisotopic (exact) mass is 199 g/mol. The molecule has 0 aliphatic carbocycles. The fourth-order valence-electron chi connectivity index (χ4n) is 1.71. The molecule has 0 saturated carbocycles. The summed E-state index contributed by atoms with van der Waals surface area (Å²) < 4.78 is 0. The second kappa shape index (κ2) is 5.38. The minimum absolute atomic E-state index is 0.0747. The van der Waals surface area contributed by atoms with Crippen molar-refractivity contribution in [2.75, 3.05) is 0 Å². The summed E-state index contributed by atoms with van der Waals surface area (Å²) in [5, 5.41) is 3.10. The molecule has 0 bridgehead atoms. The summed E-state index contributed by atoms with van der Waals surface area (Å²) in [6, 6.07) is 0. The maximum Gasteiger partial charge on any atom is 0.223 e. The molecule has 0 heterocycles. The molecule has 0 aliphatic heterocycles. The minimum atomic E-state index is -0.0747. The van der Waals surface area contributed by atoms with Crippen molar-refractivity contribution in [1.29, 1.82) is 0 Å². The zero-order valence-corrected chi connectivity index (χ0v) is 10.5. The van der Waals surface area contributed by atoms with Gasteiger partial charge >= 0.3 is 0 Å². The van der Waals surface area contributed by atoms with Crippen LogP contribution < -0.4 is 5.32 Å². The predicted molar refractivity (Wildman–Crippen MR) is 61.1 cm³/mol. The van der Waals surface area contributed by atoms with Crippen LogP contribution in [0, 0.1) is 11.8 Å². The van der Waals surface area contributed by atoms with Gasteiger partial charge in [-0.15, -0.1) is 0 Å². The molecular weight excluding hydrogens is 174 g/mol. The SMILES string of the molecule is CCC(C)C(=O)NC(C)(C)CC(C)C. The Hall–Kier alpha value is -0.530. The zero-order valence-electron chi connectivity index (χ0n) is 10.5. The van der Waals surface area contributed by atoms with Gasteiger partial charge in [0.2, 0.25) is 5.91 Å². The van der Waals surface area contributed by atoms with Crippen molar-refractivity contribution in [2.45, 2.75) is 59.9 Å². The van der Waals surface area contributed by atoms with E-state index < -0.39 is 0 Å². The average Bonchev–Trinajstić information content (AvgIpc) is 1.99. The number of carbonyl (C=O) groups excluding carboxylic acids is 1. The number of hydrogen-bond acceptors (Lipinski definition) is 1. The lowest BCUT2D eigenvalue weighted by molar-refractivity contribution is -0.126. The number of amides is 1. The maximum absolute atomic E-state index is 11.7. The highest BCUT2D eigenvalue weighted by atomic mass is 16.2. The van der Waals surface area contributed by atoms with Crippen LogP contribution in [0.5, 0.6) is 0 Å². The number of carbonyl (C=O) groups is 1. The average molecular weight is 199 g/mol. The Kier molecular flexibility index (Phi) is 5.17. The lowest BCUT2D eigenvalue weighted by atomic mass is 9.92. The largest absolute Gasteiger partial charge is 0.351 e. The normalized spacial score (nSPS) is 14.2. The van der Waals surface area contributed by atoms with Gasteiger partial charge in [-0.25, -0.2) is 0 Å². The molecule has 0 aliphatic rings. The van der Waals surface area contributed by atoms with Crippen LogP contribution in [-0.2, 0) is 4.79 Å². The van der Waals surface area contributed by atoms with Crippen molar-refractivity contribution < 1.29 is 4.79 Å². The highest BCUT2D eigenvalue weighted by Gasteiger charge is 2.23. The molecule has 0 fully saturated rings. The Labute approximate surface area is 88.5 Å². The first kappa shape index (κ1) is 13.5. The smallest absolute Gasteiger partial charge is 0.223 e. The molecule has 14 heavy (non-hydrogen) atoms. The van der Waals surface area contributed by atoms with E-state index in [0.29, 0.717) is 5.92 Å². The molecule has 1 N–H and O–H groups in total. The molecule has 0 aromatic heterocycles. The molecular formula is C12H25NO. The number of hydrogen-bond donors (Lipinski definition) is 1. The first-order valence-corrected chi connectivity index (χ1v) is 5.60. The van der Waals surface area contributed by atoms with Gasteiger partial charge in [-0.1, -0.05) is 27.7 Å². The van der Waals surface area contributed by atoms with Gasteiger partial charge in [-0.2, -0.15) is 0 Å². The van der Waals surface area contributed by atoms with Gasteiger partial charge in [0.25, 0.3) is 0 Å². The van der Waals surface area contributed by atoms with Gasteiger partial charge in [0.15, 0.2) is 0 Å². The van der Waals surface area contributed by atoms with E-state index in [-0.39, 0.29) is 17.4 Å². The fourth-order valence-corrected chi connectivity index (χ4v) is 1.71. The molecule has 1 atom stereocenters. The van der Waals surface area contributed by atoms with E-state index in [2.05, 4.69) is 33.0 Å². The summed E-state index contributed by atoms with van der Waals surface area (Å²) in [5.41, 5.74) is -0.0747. The van der Waals surface area contributed by atoms with Gasteiger partial charge in [0, 0.05) is 11.5 Å². The van der Waals surface area contributed by atoms with Crippen LogP contribution >= 0.6 is 0 Å². The van der Waals surface area contributed by atoms with Crippen molar-refractivity contribution in [3.63, 3.8) is 0 Å². The molecule has 0 saturated heterocycles. The third kappa shape index (κ3) is 5.25. The van der Waals surface area contributed by atoms with Crippen LogP contribution in [0.4, 0.5) is 0 Å². The van der Waals surface area contributed by atoms with E-state index in [1.807, 2.05) is 13.8 Å². The van der Waals surface area contributed by atoms with E-state index in [4.69, 9.17) is 0 Å². The van der Waals surface area contributed by atoms with Crippen LogP contribution in [0.1, 0.15) is 54.4 Å². The molecule has 0 aromatic rings. The maximum atomic E-state index is 11.7. The quantitative estimate of drug-likeness (QED) is 0.724. The van der Waals surface area contributed by atoms with Crippen LogP contribution in [0.25, 0.3) is 0 Å². The summed E-state index contributed by atoms with van der Waals surface area (Å²) in [6.07, 6.45) is 1.93. The highest BCUT2D eigenvalue weighted by molar-refractivity contribution is 5.78. The second-order valence-corrected chi connectivity index (χ2v) is 5.28. The van der Waals surface area contributed by atoms with Crippen molar-refractivity contribution in [3.8, 4) is 0 Å². The van der Waals surface area contributed by atoms with Crippen molar-refractivity contribution in [3.05, 3.63) is 0 Å². The zero-order chi connectivity index (χ0) is 11.4. The van der Waals surface area contributed by atoms with Crippen molar-refractivity contribution >= 4 is 5.91 Å². The molecule has 0 radical (unpaired) electrons. The predicted octanol–water partition coefficient (Wildman–Crippen LogP) is 2.97. The van der Waals surface area contributed by atoms with Crippen molar-refractivity contribution in [2.24, 2.45) is 11.8 Å². The molecule has 0 aromatic carbocycles. The molecule has 0 rings (SSSR count). The summed E-state index contributed by atoms with van der Waals surface area (Å²) in [4.78, 5) is 11.7. The van der Waals surface area contributed by atoms with Gasteiger partial charge in [0.05, 0.1) is 0 Å². The Morgan fingerprint density at radius 3 is 2.14 bits per heavy atom. The first-order valence-electron chi connectivity index (χ1n) is 5.60. The summed E-state index contributed by atoms with van der Waals surface area (Å²) in [5.74, 6) is 0.918. The molecule has 2 nitrogen and oxygen atoms in total. The fraction of sp³-hybridized carbons (Fsp3) is 0.917. The van der Waals surface area contributed by atoms with Gasteiger partial charge < -0.3 is 5.32 Å². The summed E-state index contributed by atoms with van der Waals surface area (Å²) in [6.45, 7) is 12.6. The number of rotatable bonds is 5. The molecule has 84 valence electrons. The van der Waals surface area contributed by atoms with E-state index in [9.17, 15) is 4.79 Å². The summed E-state index contributed by atoms with van der Waals surface area (Å²) in [7, 11) is 0. The Morgan fingerprint density at radius 1 is 1.29 bits per heavy atom. The lowest BCUT2D eigenvalue weighted by Gasteiger charge is -2.29. The van der Waals surface area contributed by atoms with Crippen molar-refractivity contribution in [1.82, 2.24) is 5.32 Å². The minimum Gasteiger partial charge on any atom is -0.351 e. The molecule has 0 spiro atoms. The Bertz CT molecular complexity index is 185. The Balaban J connectivity index is 4.14. The van der Waals surface area contributed by atoms with E-state index in [0.717, 1.165) is 12.8 Å². The summed E-state index contributed by atoms with van der Waals surface area (Å²) >= 11 is 0. The van der Waals surface area contributed by atoms with Crippen LogP contribution in [0.2, 0.25) is 0 Å². The standard InChI is InChI=1S/C12H25NO/c1-7-10(4)11(14)13-12(5,6)8-9(2)3/h9-10H,7-8H2,1-6H3,(H,13,14). The van der Waals surface area contributed by atoms with Gasteiger partial charge in [-0.05, 0) is 32.6 Å². The molecule has 2 heteroatoms. The van der Waals surface area contributed by atoms with Crippen LogP contribution in [0.3, 0.4) is 0 Å². The topological polar surface area (TPSA) is 29.1 Å².